The van der Waals surface area contributed by atoms with Gasteiger partial charge in [-0.05, 0) is 6.92 Å². The second kappa shape index (κ2) is 5.15. The number of hydrazone groups is 1. The van der Waals surface area contributed by atoms with Crippen LogP contribution in [0.5, 0.6) is 0 Å². The minimum Gasteiger partial charge on any atom is -0.348 e. The van der Waals surface area contributed by atoms with Crippen molar-refractivity contribution in [1.29, 1.82) is 0 Å². The van der Waals surface area contributed by atoms with Crippen LogP contribution < -0.4 is 10.7 Å². The Morgan fingerprint density at radius 1 is 1.53 bits per heavy atom. The molecule has 5 nitrogen and oxygen atoms in total. The van der Waals surface area contributed by atoms with Crippen LogP contribution in [0, 0.1) is 0 Å². The molecule has 0 saturated heterocycles. The molecule has 1 unspecified atom stereocenters. The molecule has 1 heterocycles. The number of nitrogens with zero attached hydrogens (tertiary/aromatic N) is 1. The Balaban J connectivity index is 2.47. The van der Waals surface area contributed by atoms with Crippen molar-refractivity contribution in [3.8, 4) is 0 Å². The fourth-order valence-corrected chi connectivity index (χ4v) is 1.34. The fourth-order valence-electron chi connectivity index (χ4n) is 1.34. The van der Waals surface area contributed by atoms with Crippen molar-refractivity contribution in [2.24, 2.45) is 5.10 Å². The summed E-state index contributed by atoms with van der Waals surface area (Å²) < 4.78 is 36.0. The van der Waals surface area contributed by atoms with Gasteiger partial charge in [0, 0.05) is 18.9 Å². The summed E-state index contributed by atoms with van der Waals surface area (Å²) >= 11 is 0. The monoisotopic (exact) mass is 251 g/mol. The lowest BCUT2D eigenvalue weighted by Gasteiger charge is -2.17. The highest BCUT2D eigenvalue weighted by molar-refractivity contribution is 6.39. The first kappa shape index (κ1) is 13.5. The second-order valence-corrected chi connectivity index (χ2v) is 3.79. The molecule has 2 amide bonds. The molecule has 0 aromatic rings. The lowest BCUT2D eigenvalue weighted by Crippen LogP contribution is -2.42. The lowest BCUT2D eigenvalue weighted by atomic mass is 10.1. The van der Waals surface area contributed by atoms with Gasteiger partial charge in [0.25, 0.3) is 5.91 Å². The minimum absolute atomic E-state index is 0.0404. The number of rotatable bonds is 3. The van der Waals surface area contributed by atoms with Gasteiger partial charge >= 0.3 is 6.18 Å². The molecule has 0 spiro atoms. The van der Waals surface area contributed by atoms with Gasteiger partial charge in [-0.25, -0.2) is 5.43 Å². The molecule has 0 aromatic heterocycles. The van der Waals surface area contributed by atoms with Gasteiger partial charge in [-0.1, -0.05) is 0 Å². The zero-order chi connectivity index (χ0) is 13.1. The number of hydrogen-bond acceptors (Lipinski definition) is 3. The molecule has 0 saturated carbocycles. The van der Waals surface area contributed by atoms with Crippen LogP contribution in [0.1, 0.15) is 26.2 Å². The van der Waals surface area contributed by atoms with Gasteiger partial charge in [-0.2, -0.15) is 18.3 Å². The quantitative estimate of drug-likeness (QED) is 0.775. The Labute approximate surface area is 95.4 Å². The number of hydrogen-bond donors (Lipinski definition) is 2. The molecule has 1 rings (SSSR count). The van der Waals surface area contributed by atoms with Gasteiger partial charge in [0.2, 0.25) is 5.91 Å². The summed E-state index contributed by atoms with van der Waals surface area (Å²) in [7, 11) is 0. The molecule has 8 heteroatoms. The number of carbonyl (C=O) groups is 2. The van der Waals surface area contributed by atoms with Crippen molar-refractivity contribution in [3.05, 3.63) is 0 Å². The molecular weight excluding hydrogens is 239 g/mol. The zero-order valence-corrected chi connectivity index (χ0v) is 9.10. The largest absolute Gasteiger partial charge is 0.391 e. The summed E-state index contributed by atoms with van der Waals surface area (Å²) in [6.07, 6.45) is -5.18. The Hall–Kier alpha value is -1.60. The van der Waals surface area contributed by atoms with E-state index in [1.807, 2.05) is 0 Å². The van der Waals surface area contributed by atoms with E-state index in [0.29, 0.717) is 0 Å². The summed E-state index contributed by atoms with van der Waals surface area (Å²) in [5.74, 6) is -0.994. The standard InChI is InChI=1S/C9H12F3N3O2/c1-5(4-9(10,11)12)13-8(17)6-2-3-7(16)15-14-6/h5H,2-4H2,1H3,(H,13,17)(H,15,16). The maximum atomic E-state index is 12.0. The van der Waals surface area contributed by atoms with Crippen molar-refractivity contribution in [1.82, 2.24) is 10.7 Å². The van der Waals surface area contributed by atoms with Crippen molar-refractivity contribution in [2.45, 2.75) is 38.4 Å². The Morgan fingerprint density at radius 3 is 2.65 bits per heavy atom. The Bertz CT molecular complexity index is 352. The average Bonchev–Trinajstić information content (AvgIpc) is 2.15. The van der Waals surface area contributed by atoms with Gasteiger partial charge < -0.3 is 5.32 Å². The van der Waals surface area contributed by atoms with Gasteiger partial charge in [0.1, 0.15) is 5.71 Å². The summed E-state index contributed by atoms with van der Waals surface area (Å²) in [4.78, 5) is 22.2. The number of alkyl halides is 3. The molecule has 0 bridgehead atoms. The third-order valence-electron chi connectivity index (χ3n) is 2.08. The molecule has 2 N–H and O–H groups in total. The predicted molar refractivity (Wildman–Crippen MR) is 53.1 cm³/mol. The predicted octanol–water partition coefficient (Wildman–Crippen LogP) is 0.710. The first-order valence-electron chi connectivity index (χ1n) is 5.01. The zero-order valence-electron chi connectivity index (χ0n) is 9.10. The van der Waals surface area contributed by atoms with E-state index in [4.69, 9.17) is 0 Å². The van der Waals surface area contributed by atoms with Crippen LogP contribution in [0.2, 0.25) is 0 Å². The molecule has 96 valence electrons. The molecule has 1 aliphatic heterocycles. The van der Waals surface area contributed by atoms with Crippen LogP contribution >= 0.6 is 0 Å². The maximum absolute atomic E-state index is 12.0. The van der Waals surface area contributed by atoms with Gasteiger partial charge in [0.15, 0.2) is 0 Å². The van der Waals surface area contributed by atoms with Crippen molar-refractivity contribution >= 4 is 17.5 Å². The van der Waals surface area contributed by atoms with E-state index in [1.54, 1.807) is 0 Å². The van der Waals surface area contributed by atoms with Crippen molar-refractivity contribution < 1.29 is 22.8 Å². The Morgan fingerprint density at radius 2 is 2.18 bits per heavy atom. The highest BCUT2D eigenvalue weighted by Gasteiger charge is 2.31. The average molecular weight is 251 g/mol. The van der Waals surface area contributed by atoms with Crippen LogP contribution in [0.25, 0.3) is 0 Å². The SMILES string of the molecule is CC(CC(F)(F)F)NC(=O)C1=NNC(=O)CC1. The topological polar surface area (TPSA) is 70.6 Å². The van der Waals surface area contributed by atoms with Crippen LogP contribution in [0.15, 0.2) is 5.10 Å². The van der Waals surface area contributed by atoms with E-state index in [0.717, 1.165) is 0 Å². The van der Waals surface area contributed by atoms with Gasteiger partial charge in [-0.3, -0.25) is 9.59 Å². The van der Waals surface area contributed by atoms with E-state index in [-0.39, 0.29) is 24.5 Å². The number of amides is 2. The van der Waals surface area contributed by atoms with E-state index in [9.17, 15) is 22.8 Å². The summed E-state index contributed by atoms with van der Waals surface area (Å²) in [6, 6.07) is -1.03. The summed E-state index contributed by atoms with van der Waals surface area (Å²) in [6.45, 7) is 1.26. The van der Waals surface area contributed by atoms with E-state index < -0.39 is 24.5 Å². The van der Waals surface area contributed by atoms with Crippen LogP contribution in [0.3, 0.4) is 0 Å². The molecule has 1 atom stereocenters. The first-order chi connectivity index (χ1) is 7.78. The molecular formula is C9H12F3N3O2. The van der Waals surface area contributed by atoms with Crippen LogP contribution in [0.4, 0.5) is 13.2 Å². The summed E-state index contributed by atoms with van der Waals surface area (Å²) in [5, 5.41) is 5.66. The second-order valence-electron chi connectivity index (χ2n) is 3.79. The Kier molecular flexibility index (Phi) is 4.08. The molecule has 0 aromatic carbocycles. The van der Waals surface area contributed by atoms with E-state index in [1.165, 1.54) is 6.92 Å². The van der Waals surface area contributed by atoms with Crippen LogP contribution in [-0.4, -0.2) is 29.7 Å². The molecule has 0 aliphatic carbocycles. The highest BCUT2D eigenvalue weighted by Crippen LogP contribution is 2.21. The molecule has 17 heavy (non-hydrogen) atoms. The van der Waals surface area contributed by atoms with Crippen molar-refractivity contribution in [2.75, 3.05) is 0 Å². The van der Waals surface area contributed by atoms with Crippen molar-refractivity contribution in [3.63, 3.8) is 0 Å². The third kappa shape index (κ3) is 4.83. The number of halogens is 3. The molecule has 0 fully saturated rings. The van der Waals surface area contributed by atoms with Crippen LogP contribution in [-0.2, 0) is 9.59 Å². The third-order valence-corrected chi connectivity index (χ3v) is 2.08. The van der Waals surface area contributed by atoms with E-state index in [2.05, 4.69) is 15.8 Å². The fraction of sp³-hybridized carbons (Fsp3) is 0.667. The maximum Gasteiger partial charge on any atom is 0.391 e. The number of nitrogens with one attached hydrogen (secondary N) is 2. The molecule has 1 aliphatic rings. The van der Waals surface area contributed by atoms with Gasteiger partial charge in [-0.15, -0.1) is 0 Å². The van der Waals surface area contributed by atoms with Gasteiger partial charge in [0.05, 0.1) is 6.42 Å². The summed E-state index contributed by atoms with van der Waals surface area (Å²) in [5.41, 5.74) is 2.14. The number of carbonyl (C=O) groups excluding carboxylic acids is 2. The molecule has 0 radical (unpaired) electrons. The minimum atomic E-state index is -4.32. The normalized spacial score (nSPS) is 18.1. The first-order valence-corrected chi connectivity index (χ1v) is 5.01. The highest BCUT2D eigenvalue weighted by atomic mass is 19.4. The smallest absolute Gasteiger partial charge is 0.348 e. The lowest BCUT2D eigenvalue weighted by molar-refractivity contribution is -0.140. The van der Waals surface area contributed by atoms with E-state index >= 15 is 0 Å².